The number of carbonyl (C=O) groups is 5. The Morgan fingerprint density at radius 3 is 1.67 bits per heavy atom. The van der Waals surface area contributed by atoms with Crippen LogP contribution in [0.4, 0.5) is 4.79 Å². The normalized spacial score (nSPS) is 21.2. The van der Waals surface area contributed by atoms with Crippen LogP contribution in [0.3, 0.4) is 0 Å². The Morgan fingerprint density at radius 1 is 0.583 bits per heavy atom. The standard InChI is InChI=1S/C14H23N5O5/c20-10-1-2-11(21)5-6-13(23)9-15-14(24)17-19-18-16-8-7-12(22)4-3-10/h16,18-19H,1-9H2,(H2,15,17,24). The van der Waals surface area contributed by atoms with E-state index in [-0.39, 0.29) is 74.6 Å². The van der Waals surface area contributed by atoms with Crippen molar-refractivity contribution in [2.75, 3.05) is 13.1 Å². The molecule has 1 rings (SSSR count). The van der Waals surface area contributed by atoms with Gasteiger partial charge in [-0.15, -0.1) is 0 Å². The molecule has 0 unspecified atom stereocenters. The highest BCUT2D eigenvalue weighted by molar-refractivity contribution is 5.91. The van der Waals surface area contributed by atoms with Crippen LogP contribution < -0.4 is 27.2 Å². The summed E-state index contributed by atoms with van der Waals surface area (Å²) in [5.41, 5.74) is 9.67. The van der Waals surface area contributed by atoms with Gasteiger partial charge in [0, 0.05) is 51.5 Å². The molecule has 0 radical (unpaired) electrons. The Balaban J connectivity index is 2.46. The summed E-state index contributed by atoms with van der Waals surface area (Å²) in [4.78, 5) is 57.8. The highest BCUT2D eigenvalue weighted by Gasteiger charge is 2.12. The molecule has 2 amide bonds. The average Bonchev–Trinajstić information content (AvgIpc) is 2.56. The molecule has 24 heavy (non-hydrogen) atoms. The number of hydrogen-bond acceptors (Lipinski definition) is 8. The van der Waals surface area contributed by atoms with Gasteiger partial charge < -0.3 is 5.32 Å². The summed E-state index contributed by atoms with van der Waals surface area (Å²) in [7, 11) is 0. The van der Waals surface area contributed by atoms with Gasteiger partial charge in [0.05, 0.1) is 6.54 Å². The third-order valence-electron chi connectivity index (χ3n) is 3.35. The maximum absolute atomic E-state index is 11.6. The fourth-order valence-corrected chi connectivity index (χ4v) is 1.92. The summed E-state index contributed by atoms with van der Waals surface area (Å²) in [6, 6.07) is -0.622. The van der Waals surface area contributed by atoms with Crippen LogP contribution in [0.15, 0.2) is 0 Å². The van der Waals surface area contributed by atoms with Crippen molar-refractivity contribution in [1.82, 2.24) is 27.2 Å². The number of rotatable bonds is 0. The van der Waals surface area contributed by atoms with Gasteiger partial charge in [0.2, 0.25) is 0 Å². The van der Waals surface area contributed by atoms with E-state index in [1.54, 1.807) is 0 Å². The summed E-state index contributed by atoms with van der Waals surface area (Å²) >= 11 is 0. The van der Waals surface area contributed by atoms with Gasteiger partial charge in [0.15, 0.2) is 5.78 Å². The molecule has 10 nitrogen and oxygen atoms in total. The highest BCUT2D eigenvalue weighted by atomic mass is 16.2. The third kappa shape index (κ3) is 9.77. The molecule has 0 aromatic rings. The maximum Gasteiger partial charge on any atom is 0.330 e. The van der Waals surface area contributed by atoms with Crippen LogP contribution in [0.2, 0.25) is 0 Å². The Kier molecular flexibility index (Phi) is 9.42. The third-order valence-corrected chi connectivity index (χ3v) is 3.35. The molecule has 0 aliphatic carbocycles. The topological polar surface area (TPSA) is 145 Å². The van der Waals surface area contributed by atoms with Gasteiger partial charge in [0.1, 0.15) is 17.3 Å². The first-order chi connectivity index (χ1) is 11.5. The van der Waals surface area contributed by atoms with Crippen LogP contribution in [-0.4, -0.2) is 42.3 Å². The van der Waals surface area contributed by atoms with Crippen molar-refractivity contribution >= 4 is 29.2 Å². The van der Waals surface area contributed by atoms with E-state index in [2.05, 4.69) is 27.2 Å². The van der Waals surface area contributed by atoms with E-state index < -0.39 is 6.03 Å². The Labute approximate surface area is 139 Å². The molecule has 1 aliphatic rings. The zero-order chi connectivity index (χ0) is 17.8. The van der Waals surface area contributed by atoms with Gasteiger partial charge in [-0.3, -0.25) is 24.6 Å². The lowest BCUT2D eigenvalue weighted by Gasteiger charge is -2.10. The van der Waals surface area contributed by atoms with E-state index >= 15 is 0 Å². The summed E-state index contributed by atoms with van der Waals surface area (Å²) in [5.74, 6) is -0.664. The molecule has 134 valence electrons. The number of ketones is 4. The van der Waals surface area contributed by atoms with Crippen LogP contribution in [0, 0.1) is 0 Å². The van der Waals surface area contributed by atoms with E-state index in [4.69, 9.17) is 0 Å². The van der Waals surface area contributed by atoms with Gasteiger partial charge in [-0.25, -0.2) is 10.2 Å². The molecular weight excluding hydrogens is 318 g/mol. The molecular formula is C14H23N5O5. The van der Waals surface area contributed by atoms with Gasteiger partial charge in [0.25, 0.3) is 0 Å². The van der Waals surface area contributed by atoms with Crippen molar-refractivity contribution in [3.05, 3.63) is 0 Å². The highest BCUT2D eigenvalue weighted by Crippen LogP contribution is 2.05. The lowest BCUT2D eigenvalue weighted by molar-refractivity contribution is -0.126. The minimum absolute atomic E-state index is 0.0129. The van der Waals surface area contributed by atoms with Gasteiger partial charge >= 0.3 is 6.03 Å². The molecule has 0 saturated carbocycles. The number of hydrogen-bond donors (Lipinski definition) is 5. The second-order valence-corrected chi connectivity index (χ2v) is 5.39. The predicted octanol–water partition coefficient (Wildman–Crippen LogP) is -1.18. The second kappa shape index (κ2) is 11.4. The molecule has 0 atom stereocenters. The first kappa shape index (κ1) is 19.9. The van der Waals surface area contributed by atoms with Crippen molar-refractivity contribution < 1.29 is 24.0 Å². The van der Waals surface area contributed by atoms with Gasteiger partial charge in [-0.05, 0) is 0 Å². The smallest absolute Gasteiger partial charge is 0.330 e. The second-order valence-electron chi connectivity index (χ2n) is 5.39. The maximum atomic E-state index is 11.6. The molecule has 0 bridgehead atoms. The predicted molar refractivity (Wildman–Crippen MR) is 83.2 cm³/mol. The average molecular weight is 341 g/mol. The number of urea groups is 1. The van der Waals surface area contributed by atoms with Crippen LogP contribution in [0.1, 0.15) is 44.9 Å². The van der Waals surface area contributed by atoms with E-state index in [0.29, 0.717) is 6.54 Å². The molecule has 10 heteroatoms. The van der Waals surface area contributed by atoms with Gasteiger partial charge in [-0.1, -0.05) is 0 Å². The van der Waals surface area contributed by atoms with E-state index in [1.165, 1.54) is 0 Å². The Bertz CT molecular complexity index is 452. The lowest BCUT2D eigenvalue weighted by Crippen LogP contribution is -2.55. The molecule has 0 aromatic carbocycles. The van der Waals surface area contributed by atoms with Crippen molar-refractivity contribution in [2.45, 2.75) is 44.9 Å². The SMILES string of the molecule is O=C1CCNNNNC(=O)NCC(=O)CCC(=O)CCC(=O)CC1. The number of amides is 2. The van der Waals surface area contributed by atoms with E-state index in [0.717, 1.165) is 0 Å². The monoisotopic (exact) mass is 341 g/mol. The number of hydrazine groups is 3. The van der Waals surface area contributed by atoms with Crippen molar-refractivity contribution in [3.8, 4) is 0 Å². The number of Topliss-reactive ketones (excluding diaryl/α,β-unsaturated/α-hetero) is 4. The summed E-state index contributed by atoms with van der Waals surface area (Å²) in [5, 5.41) is 2.33. The van der Waals surface area contributed by atoms with Crippen LogP contribution in [0.25, 0.3) is 0 Å². The zero-order valence-corrected chi connectivity index (χ0v) is 13.4. The Hall–Kier alpha value is -2.17. The largest absolute Gasteiger partial charge is 0.330 e. The van der Waals surface area contributed by atoms with Crippen LogP contribution in [-0.2, 0) is 19.2 Å². The lowest BCUT2D eigenvalue weighted by atomic mass is 10.0. The zero-order valence-electron chi connectivity index (χ0n) is 13.4. The van der Waals surface area contributed by atoms with E-state index in [1.807, 2.05) is 0 Å². The fourth-order valence-electron chi connectivity index (χ4n) is 1.92. The molecule has 1 aliphatic heterocycles. The van der Waals surface area contributed by atoms with Crippen molar-refractivity contribution in [1.29, 1.82) is 0 Å². The van der Waals surface area contributed by atoms with Crippen molar-refractivity contribution in [3.63, 3.8) is 0 Å². The Morgan fingerprint density at radius 2 is 1.08 bits per heavy atom. The number of carbonyl (C=O) groups excluding carboxylic acids is 5. The quantitative estimate of drug-likeness (QED) is 0.370. The summed E-state index contributed by atoms with van der Waals surface area (Å²) in [6.45, 7) is 0.113. The fraction of sp³-hybridized carbons (Fsp3) is 0.643. The molecule has 0 spiro atoms. The molecule has 1 fully saturated rings. The van der Waals surface area contributed by atoms with Crippen LogP contribution in [0.5, 0.6) is 0 Å². The van der Waals surface area contributed by atoms with Crippen LogP contribution >= 0.6 is 0 Å². The number of nitrogens with one attached hydrogen (secondary N) is 5. The van der Waals surface area contributed by atoms with E-state index in [9.17, 15) is 24.0 Å². The first-order valence-electron chi connectivity index (χ1n) is 7.81. The summed E-state index contributed by atoms with van der Waals surface area (Å²) < 4.78 is 0. The molecule has 5 N–H and O–H groups in total. The minimum atomic E-state index is -0.622. The van der Waals surface area contributed by atoms with Crippen molar-refractivity contribution in [2.24, 2.45) is 0 Å². The molecule has 1 heterocycles. The molecule has 1 saturated heterocycles. The summed E-state index contributed by atoms with van der Waals surface area (Å²) in [6.07, 6.45) is 0.699. The molecule has 0 aromatic heterocycles. The van der Waals surface area contributed by atoms with Gasteiger partial charge in [-0.2, -0.15) is 11.1 Å². The first-order valence-corrected chi connectivity index (χ1v) is 7.81. The minimum Gasteiger partial charge on any atom is -0.330 e.